The van der Waals surface area contributed by atoms with Gasteiger partial charge in [0.1, 0.15) is 11.5 Å². The van der Waals surface area contributed by atoms with Gasteiger partial charge in [0.2, 0.25) is 0 Å². The van der Waals surface area contributed by atoms with Crippen LogP contribution in [0.4, 0.5) is 41.6 Å². The molecule has 20 heteroatoms. The van der Waals surface area contributed by atoms with E-state index in [2.05, 4.69) is 52.3 Å². The van der Waals surface area contributed by atoms with Crippen LogP contribution in [-0.2, 0) is 19.9 Å². The van der Waals surface area contributed by atoms with Crippen LogP contribution in [0.25, 0.3) is 11.1 Å². The number of ether oxygens (including phenoxy) is 2. The number of benzene rings is 4. The number of fused-ring (bicyclic) bond motifs is 2. The van der Waals surface area contributed by atoms with Crippen molar-refractivity contribution in [1.82, 2.24) is 35.3 Å². The number of urea groups is 2. The number of carbonyl (C=O) groups is 2. The van der Waals surface area contributed by atoms with E-state index in [0.29, 0.717) is 46.5 Å². The number of halogens is 6. The molecule has 0 spiro atoms. The van der Waals surface area contributed by atoms with E-state index in [1.54, 1.807) is 12.1 Å². The summed E-state index contributed by atoms with van der Waals surface area (Å²) >= 11 is 0. The predicted octanol–water partition coefficient (Wildman–Crippen LogP) is 8.62. The third-order valence-corrected chi connectivity index (χ3v) is 12.2. The lowest BCUT2D eigenvalue weighted by atomic mass is 9.93. The quantitative estimate of drug-likeness (QED) is 0.163. The largest absolute Gasteiger partial charge is 0.573 e. The minimum atomic E-state index is -4.82. The number of anilines is 1. The van der Waals surface area contributed by atoms with E-state index in [4.69, 9.17) is 0 Å². The van der Waals surface area contributed by atoms with Crippen molar-refractivity contribution in [3.63, 3.8) is 0 Å². The lowest BCUT2D eigenvalue weighted by Gasteiger charge is -2.34. The summed E-state index contributed by atoms with van der Waals surface area (Å²) < 4.78 is 87.5. The van der Waals surface area contributed by atoms with Crippen molar-refractivity contribution in [2.45, 2.75) is 65.3 Å². The summed E-state index contributed by atoms with van der Waals surface area (Å²) in [6.07, 6.45) is -8.78. The highest BCUT2D eigenvalue weighted by Gasteiger charge is 2.34. The predicted molar refractivity (Wildman–Crippen MR) is 251 cm³/mol. The Labute approximate surface area is 396 Å². The third-order valence-electron chi connectivity index (χ3n) is 12.2. The van der Waals surface area contributed by atoms with Gasteiger partial charge in [-0.25, -0.2) is 19.6 Å². The standard InChI is InChI=1S/C25H26F3N5O2.C24H28F3N5O2/c1-14-12-19-10-11-20(35-25(26,27)28)13-21(19)23(31-33(14)24(34)29-4)18-8-6-17(7-9-18)22-15(2)30-32(5)16(22)3;1-16-14-18-6-9-20(34-24(25,26)27)15-21(18)22(29-32(16)23(33)28-2)17-4-7-19(8-5-17)31-12-10-30(3)11-13-31/h6-11,13-14H,12H2,1-5H3,(H,29,34);4-9,15-16H,10-14H2,1-3H3,(H,28,33)/t14-;/m1./s1. The van der Waals surface area contributed by atoms with Gasteiger partial charge in [0.25, 0.3) is 0 Å². The van der Waals surface area contributed by atoms with Crippen LogP contribution in [0.3, 0.4) is 0 Å². The van der Waals surface area contributed by atoms with Crippen LogP contribution in [0, 0.1) is 13.8 Å². The molecule has 69 heavy (non-hydrogen) atoms. The maximum Gasteiger partial charge on any atom is 0.573 e. The zero-order valence-corrected chi connectivity index (χ0v) is 39.5. The van der Waals surface area contributed by atoms with E-state index in [1.807, 2.05) is 88.0 Å². The molecule has 4 amide bonds. The van der Waals surface area contributed by atoms with Crippen LogP contribution in [0.5, 0.6) is 11.5 Å². The highest BCUT2D eigenvalue weighted by Crippen LogP contribution is 2.34. The van der Waals surface area contributed by atoms with Crippen LogP contribution >= 0.6 is 0 Å². The monoisotopic (exact) mass is 960 g/mol. The summed E-state index contributed by atoms with van der Waals surface area (Å²) in [6, 6.07) is 22.3. The molecule has 1 aromatic heterocycles. The number of hydrogen-bond acceptors (Lipinski definition) is 9. The number of aromatic nitrogens is 2. The molecule has 2 N–H and O–H groups in total. The van der Waals surface area contributed by atoms with Gasteiger partial charge in [-0.2, -0.15) is 15.3 Å². The average Bonchev–Trinajstić information content (AvgIpc) is 3.39. The van der Waals surface area contributed by atoms with Crippen LogP contribution in [0.2, 0.25) is 0 Å². The molecular weight excluding hydrogens is 907 g/mol. The first-order valence-electron chi connectivity index (χ1n) is 22.2. The molecule has 0 bridgehead atoms. The summed E-state index contributed by atoms with van der Waals surface area (Å²) in [5.41, 5.74) is 9.64. The molecule has 366 valence electrons. The Morgan fingerprint density at radius 2 is 1.04 bits per heavy atom. The molecule has 0 aliphatic carbocycles. The van der Waals surface area contributed by atoms with E-state index < -0.39 is 24.8 Å². The Hall–Kier alpha value is -7.09. The molecular formula is C49H54F6N10O4. The molecule has 3 aliphatic heterocycles. The van der Waals surface area contributed by atoms with Gasteiger partial charge in [-0.05, 0) is 101 Å². The van der Waals surface area contributed by atoms with Gasteiger partial charge in [-0.1, -0.05) is 48.5 Å². The molecule has 14 nitrogen and oxygen atoms in total. The second kappa shape index (κ2) is 20.2. The van der Waals surface area contributed by atoms with Crippen molar-refractivity contribution < 1.29 is 45.4 Å². The number of alkyl halides is 6. The Morgan fingerprint density at radius 1 is 0.623 bits per heavy atom. The third kappa shape index (κ3) is 11.6. The maximum absolute atomic E-state index is 12.9. The lowest BCUT2D eigenvalue weighted by Crippen LogP contribution is -2.44. The second-order valence-corrected chi connectivity index (χ2v) is 17.1. The van der Waals surface area contributed by atoms with Crippen molar-refractivity contribution in [1.29, 1.82) is 0 Å². The second-order valence-electron chi connectivity index (χ2n) is 17.1. The Morgan fingerprint density at radius 3 is 1.43 bits per heavy atom. The van der Waals surface area contributed by atoms with Crippen molar-refractivity contribution in [2.24, 2.45) is 17.3 Å². The zero-order valence-electron chi connectivity index (χ0n) is 39.5. The number of hydrazone groups is 2. The summed E-state index contributed by atoms with van der Waals surface area (Å²) in [7, 11) is 7.00. The molecule has 2 atom stereocenters. The fraction of sp³-hybridized carbons (Fsp3) is 0.367. The number of amides is 4. The molecule has 3 aliphatic rings. The summed E-state index contributed by atoms with van der Waals surface area (Å²) in [5.74, 6) is -0.669. The van der Waals surface area contributed by atoms with Gasteiger partial charge in [-0.15, -0.1) is 26.3 Å². The average molecular weight is 961 g/mol. The van der Waals surface area contributed by atoms with Crippen LogP contribution in [-0.4, -0.2) is 120 Å². The van der Waals surface area contributed by atoms with E-state index >= 15 is 0 Å². The summed E-state index contributed by atoms with van der Waals surface area (Å²) in [4.78, 5) is 29.6. The number of nitrogens with one attached hydrogen (secondary N) is 2. The minimum absolute atomic E-state index is 0.296. The first kappa shape index (κ1) is 49.8. The molecule has 4 aromatic carbocycles. The molecule has 0 radical (unpaired) electrons. The van der Waals surface area contributed by atoms with Crippen molar-refractivity contribution in [3.8, 4) is 22.6 Å². The molecule has 1 saturated heterocycles. The zero-order chi connectivity index (χ0) is 49.9. The van der Waals surface area contributed by atoms with Gasteiger partial charge in [-0.3, -0.25) is 4.68 Å². The molecule has 1 unspecified atom stereocenters. The van der Waals surface area contributed by atoms with E-state index in [-0.39, 0.29) is 23.6 Å². The highest BCUT2D eigenvalue weighted by molar-refractivity contribution is 6.15. The summed E-state index contributed by atoms with van der Waals surface area (Å²) in [5, 5.41) is 21.5. The number of piperazine rings is 1. The van der Waals surface area contributed by atoms with Gasteiger partial charge in [0, 0.05) is 86.5 Å². The first-order valence-corrected chi connectivity index (χ1v) is 22.2. The molecule has 5 aromatic rings. The number of carbonyl (C=O) groups excluding carboxylic acids is 2. The number of hydrogen-bond donors (Lipinski definition) is 2. The van der Waals surface area contributed by atoms with Crippen molar-refractivity contribution >= 4 is 29.2 Å². The van der Waals surface area contributed by atoms with Crippen LogP contribution < -0.4 is 25.0 Å². The fourth-order valence-electron chi connectivity index (χ4n) is 8.66. The highest BCUT2D eigenvalue weighted by atomic mass is 19.4. The van der Waals surface area contributed by atoms with E-state index in [0.717, 1.165) is 65.5 Å². The SMILES string of the molecule is CNC(=O)N1N=C(c2ccc(-c3c(C)nn(C)c3C)cc2)c2cc(OC(F)(F)F)ccc2C[C@H]1C.CNC(=O)N1N=C(c2ccc(N3CCN(C)CC3)cc2)c2cc(OC(F)(F)F)ccc2CC1C. The maximum atomic E-state index is 12.9. The molecule has 4 heterocycles. The molecule has 1 fully saturated rings. The van der Waals surface area contributed by atoms with Crippen LogP contribution in [0.15, 0.2) is 95.1 Å². The number of nitrogens with zero attached hydrogens (tertiary/aromatic N) is 8. The number of rotatable bonds is 6. The minimum Gasteiger partial charge on any atom is -0.406 e. The normalized spacial score (nSPS) is 17.5. The topological polar surface area (TPSA) is 132 Å². The van der Waals surface area contributed by atoms with Gasteiger partial charge in [0.15, 0.2) is 0 Å². The van der Waals surface area contributed by atoms with Crippen LogP contribution in [0.1, 0.15) is 58.6 Å². The molecule has 8 rings (SSSR count). The number of likely N-dealkylation sites (N-methyl/N-ethyl adjacent to an activating group) is 1. The first-order chi connectivity index (χ1) is 32.6. The fourth-order valence-corrected chi connectivity index (χ4v) is 8.66. The van der Waals surface area contributed by atoms with E-state index in [1.165, 1.54) is 48.4 Å². The van der Waals surface area contributed by atoms with Gasteiger partial charge < -0.3 is 29.9 Å². The Balaban J connectivity index is 0.000000204. The summed E-state index contributed by atoms with van der Waals surface area (Å²) in [6.45, 7) is 11.4. The number of aryl methyl sites for hydroxylation is 2. The molecule has 0 saturated carbocycles. The van der Waals surface area contributed by atoms with E-state index in [9.17, 15) is 35.9 Å². The van der Waals surface area contributed by atoms with Gasteiger partial charge >= 0.3 is 24.8 Å². The van der Waals surface area contributed by atoms with Crippen molar-refractivity contribution in [2.75, 3.05) is 52.2 Å². The Kier molecular flexibility index (Phi) is 14.6. The smallest absolute Gasteiger partial charge is 0.406 e. The van der Waals surface area contributed by atoms with Crippen molar-refractivity contribution in [3.05, 3.63) is 130 Å². The van der Waals surface area contributed by atoms with Gasteiger partial charge in [0.05, 0.1) is 29.2 Å². The Bertz CT molecular complexity index is 2730. The lowest BCUT2D eigenvalue weighted by molar-refractivity contribution is -0.275.